The second-order valence-corrected chi connectivity index (χ2v) is 9.51. The van der Waals surface area contributed by atoms with Gasteiger partial charge in [-0.3, -0.25) is 10.2 Å². The van der Waals surface area contributed by atoms with Gasteiger partial charge in [0.15, 0.2) is 0 Å². The molecule has 0 heterocycles. The van der Waals surface area contributed by atoms with Gasteiger partial charge in [-0.2, -0.15) is 0 Å². The van der Waals surface area contributed by atoms with Crippen molar-refractivity contribution in [3.05, 3.63) is 84.0 Å². The molecule has 0 bridgehead atoms. The van der Waals surface area contributed by atoms with Gasteiger partial charge >= 0.3 is 5.97 Å². The number of esters is 1. The van der Waals surface area contributed by atoms with Gasteiger partial charge in [-0.1, -0.05) is 61.6 Å². The first-order chi connectivity index (χ1) is 16.5. The predicted molar refractivity (Wildman–Crippen MR) is 134 cm³/mol. The van der Waals surface area contributed by atoms with Crippen molar-refractivity contribution in [1.82, 2.24) is 0 Å². The molecule has 35 heavy (non-hydrogen) atoms. The van der Waals surface area contributed by atoms with Gasteiger partial charge in [0, 0.05) is 22.7 Å². The first-order valence-corrected chi connectivity index (χ1v) is 12.1. The lowest BCUT2D eigenvalue weighted by molar-refractivity contribution is -0.137. The van der Waals surface area contributed by atoms with Crippen LogP contribution in [0.2, 0.25) is 0 Å². The van der Waals surface area contributed by atoms with Crippen LogP contribution in [0, 0.1) is 17.2 Å². The molecule has 182 valence electrons. The Morgan fingerprint density at radius 2 is 1.77 bits per heavy atom. The summed E-state index contributed by atoms with van der Waals surface area (Å²) in [6.45, 7) is 1.91. The molecule has 0 fully saturated rings. The third-order valence-corrected chi connectivity index (χ3v) is 6.49. The third-order valence-electron chi connectivity index (χ3n) is 5.53. The first kappa shape index (κ1) is 25.6. The van der Waals surface area contributed by atoms with E-state index in [2.05, 4.69) is 5.32 Å². The molecule has 1 aliphatic carbocycles. The van der Waals surface area contributed by atoms with Gasteiger partial charge in [0.1, 0.15) is 11.4 Å². The number of benzene rings is 2. The van der Waals surface area contributed by atoms with Crippen LogP contribution < -0.4 is 16.2 Å². The van der Waals surface area contributed by atoms with Crippen LogP contribution in [0.15, 0.2) is 88.9 Å². The van der Waals surface area contributed by atoms with Crippen LogP contribution in [-0.2, 0) is 24.3 Å². The maximum absolute atomic E-state index is 13.0. The van der Waals surface area contributed by atoms with E-state index >= 15 is 0 Å². The van der Waals surface area contributed by atoms with Crippen LogP contribution in [0.1, 0.15) is 6.92 Å². The number of hydrogen-bond acceptors (Lipinski definition) is 6. The van der Waals surface area contributed by atoms with Gasteiger partial charge in [0.25, 0.3) is 5.91 Å². The van der Waals surface area contributed by atoms with E-state index < -0.39 is 21.9 Å². The molecule has 0 saturated carbocycles. The summed E-state index contributed by atoms with van der Waals surface area (Å²) >= 11 is 0. The highest BCUT2D eigenvalue weighted by atomic mass is 32.2. The Balaban J connectivity index is 1.87. The van der Waals surface area contributed by atoms with E-state index in [1.807, 2.05) is 13.0 Å². The van der Waals surface area contributed by atoms with Crippen LogP contribution in [0.3, 0.4) is 0 Å². The molecule has 0 aliphatic heterocycles. The molecule has 9 nitrogen and oxygen atoms in total. The van der Waals surface area contributed by atoms with Gasteiger partial charge in [0.05, 0.1) is 12.0 Å². The predicted octanol–water partition coefficient (Wildman–Crippen LogP) is 2.72. The summed E-state index contributed by atoms with van der Waals surface area (Å²) in [7, 11) is -2.74. The van der Waals surface area contributed by atoms with Crippen molar-refractivity contribution in [2.24, 2.45) is 22.7 Å². The van der Waals surface area contributed by atoms with Crippen molar-refractivity contribution in [2.45, 2.75) is 11.8 Å². The Kier molecular flexibility index (Phi) is 7.68. The molecule has 0 saturated heterocycles. The van der Waals surface area contributed by atoms with E-state index in [1.165, 1.54) is 19.3 Å². The van der Waals surface area contributed by atoms with Crippen LogP contribution in [0.5, 0.6) is 0 Å². The quantitative estimate of drug-likeness (QED) is 0.115. The topological polar surface area (TPSA) is 165 Å². The number of hydrogen-bond donors (Lipinski definition) is 4. The van der Waals surface area contributed by atoms with Crippen LogP contribution in [-0.4, -0.2) is 33.2 Å². The summed E-state index contributed by atoms with van der Waals surface area (Å²) in [5, 5.41) is 15.6. The van der Waals surface area contributed by atoms with Crippen molar-refractivity contribution in [2.75, 3.05) is 12.4 Å². The summed E-state index contributed by atoms with van der Waals surface area (Å²) in [5.74, 6) is -1.98. The van der Waals surface area contributed by atoms with Crippen LogP contribution >= 0.6 is 0 Å². The normalized spacial score (nSPS) is 17.9. The van der Waals surface area contributed by atoms with Gasteiger partial charge < -0.3 is 15.8 Å². The zero-order valence-corrected chi connectivity index (χ0v) is 20.0. The molecule has 0 aromatic heterocycles. The van der Waals surface area contributed by atoms with E-state index in [0.29, 0.717) is 22.4 Å². The largest absolute Gasteiger partial charge is 0.465 e. The number of carbonyl (C=O) groups is 2. The minimum atomic E-state index is -3.92. The van der Waals surface area contributed by atoms with E-state index in [9.17, 15) is 18.0 Å². The van der Waals surface area contributed by atoms with E-state index in [-0.39, 0.29) is 28.1 Å². The number of sulfonamides is 1. The highest BCUT2D eigenvalue weighted by Gasteiger charge is 2.24. The van der Waals surface area contributed by atoms with Gasteiger partial charge in [-0.05, 0) is 29.7 Å². The average Bonchev–Trinajstić information content (AvgIpc) is 2.82. The van der Waals surface area contributed by atoms with Crippen LogP contribution in [0.4, 0.5) is 5.69 Å². The number of nitrogens with two attached hydrogens (primary N) is 2. The Morgan fingerprint density at radius 3 is 2.37 bits per heavy atom. The minimum absolute atomic E-state index is 0.0127. The number of rotatable bonds is 7. The van der Waals surface area contributed by atoms with Crippen molar-refractivity contribution in [3.8, 4) is 11.1 Å². The molecule has 2 aromatic carbocycles. The third kappa shape index (κ3) is 6.11. The molecule has 10 heteroatoms. The number of anilines is 1. The SMILES string of the molecule is COC(=O)/C(=C\C1C=C(C(=N)N)C=CC1C)C(=O)Nc1ccc(-c2ccccc2S(N)(=O)=O)cc1. The molecule has 0 radical (unpaired) electrons. The lowest BCUT2D eigenvalue weighted by atomic mass is 9.85. The lowest BCUT2D eigenvalue weighted by Gasteiger charge is -2.21. The fourth-order valence-corrected chi connectivity index (χ4v) is 4.36. The van der Waals surface area contributed by atoms with Crippen molar-refractivity contribution in [3.63, 3.8) is 0 Å². The van der Waals surface area contributed by atoms with E-state index in [1.54, 1.807) is 54.6 Å². The smallest absolute Gasteiger partial charge is 0.343 e. The number of nitrogens with one attached hydrogen (secondary N) is 2. The second-order valence-electron chi connectivity index (χ2n) is 7.98. The van der Waals surface area contributed by atoms with Crippen LogP contribution in [0.25, 0.3) is 11.1 Å². The van der Waals surface area contributed by atoms with Gasteiger partial charge in [-0.15, -0.1) is 0 Å². The maximum Gasteiger partial charge on any atom is 0.343 e. The zero-order valence-electron chi connectivity index (χ0n) is 19.2. The number of ether oxygens (including phenoxy) is 1. The molecule has 6 N–H and O–H groups in total. The Hall–Kier alpha value is -4.02. The number of amidine groups is 1. The number of primary sulfonamides is 1. The Bertz CT molecular complexity index is 1360. The first-order valence-electron chi connectivity index (χ1n) is 10.6. The molecule has 2 unspecified atom stereocenters. The number of amides is 1. The monoisotopic (exact) mass is 494 g/mol. The van der Waals surface area contributed by atoms with E-state index in [4.69, 9.17) is 21.0 Å². The fraction of sp³-hybridized carbons (Fsp3) is 0.160. The standard InChI is InChI=1S/C25H26N4O5S/c1-15-7-8-17(23(26)27)13-18(15)14-21(25(31)34-2)24(30)29-19-11-9-16(10-12-19)20-5-3-4-6-22(20)35(28,32)33/h3-15,18H,1-2H3,(H3,26,27)(H,29,30)(H2,28,32,33)/b21-14-. The summed E-state index contributed by atoms with van der Waals surface area (Å²) in [6, 6.07) is 12.8. The van der Waals surface area contributed by atoms with Crippen molar-refractivity contribution < 1.29 is 22.7 Å². The molecule has 1 amide bonds. The second kappa shape index (κ2) is 10.5. The molecule has 3 rings (SSSR count). The van der Waals surface area contributed by atoms with Crippen molar-refractivity contribution >= 4 is 33.4 Å². The molecular weight excluding hydrogens is 468 g/mol. The lowest BCUT2D eigenvalue weighted by Crippen LogP contribution is -2.24. The van der Waals surface area contributed by atoms with Gasteiger partial charge in [0.2, 0.25) is 10.0 Å². The number of methoxy groups -OCH3 is 1. The highest BCUT2D eigenvalue weighted by molar-refractivity contribution is 7.89. The minimum Gasteiger partial charge on any atom is -0.465 e. The summed E-state index contributed by atoms with van der Waals surface area (Å²) in [6.07, 6.45) is 6.80. The van der Waals surface area contributed by atoms with E-state index in [0.717, 1.165) is 0 Å². The molecule has 1 aliphatic rings. The highest BCUT2D eigenvalue weighted by Crippen LogP contribution is 2.28. The van der Waals surface area contributed by atoms with Crippen molar-refractivity contribution in [1.29, 1.82) is 5.41 Å². The average molecular weight is 495 g/mol. The maximum atomic E-state index is 13.0. The molecule has 2 atom stereocenters. The molecular formula is C25H26N4O5S. The summed E-state index contributed by atoms with van der Waals surface area (Å²) in [5.41, 5.74) is 7.28. The summed E-state index contributed by atoms with van der Waals surface area (Å²) < 4.78 is 28.6. The zero-order chi connectivity index (χ0) is 25.8. The van der Waals surface area contributed by atoms with Gasteiger partial charge in [-0.25, -0.2) is 18.4 Å². The molecule has 2 aromatic rings. The summed E-state index contributed by atoms with van der Waals surface area (Å²) in [4.78, 5) is 25.3. The Labute approximate surface area is 203 Å². The fourth-order valence-electron chi connectivity index (χ4n) is 3.60. The number of carbonyl (C=O) groups excluding carboxylic acids is 2. The number of allylic oxidation sites excluding steroid dienone is 3. The Morgan fingerprint density at radius 1 is 1.11 bits per heavy atom. The molecule has 0 spiro atoms.